The Bertz CT molecular complexity index is 896. The van der Waals surface area contributed by atoms with Crippen LogP contribution in [0.1, 0.15) is 67.2 Å². The number of carbonyl (C=O) groups excluding carboxylic acids is 2. The number of hydrogen-bond donors (Lipinski definition) is 0. The molecule has 2 aliphatic heterocycles. The second kappa shape index (κ2) is 14.1. The van der Waals surface area contributed by atoms with Crippen molar-refractivity contribution in [3.63, 3.8) is 0 Å². The number of nitrogens with zero attached hydrogens (tertiary/aromatic N) is 4. The molecule has 0 aliphatic carbocycles. The maximum atomic E-state index is 13.0. The van der Waals surface area contributed by atoms with Crippen LogP contribution in [0, 0.1) is 5.41 Å². The van der Waals surface area contributed by atoms with Gasteiger partial charge in [0.25, 0.3) is 0 Å². The Balaban J connectivity index is 1.71. The van der Waals surface area contributed by atoms with Gasteiger partial charge in [-0.3, -0.25) is 4.79 Å². The normalized spacial score (nSPS) is 15.2. The van der Waals surface area contributed by atoms with Crippen molar-refractivity contribution in [3.8, 4) is 0 Å². The van der Waals surface area contributed by atoms with Crippen molar-refractivity contribution < 1.29 is 19.1 Å². The van der Waals surface area contributed by atoms with Crippen LogP contribution in [0.25, 0.3) is 0 Å². The molecule has 0 atom stereocenters. The van der Waals surface area contributed by atoms with Crippen molar-refractivity contribution in [2.24, 2.45) is 5.41 Å². The van der Waals surface area contributed by atoms with E-state index in [2.05, 4.69) is 58.2 Å². The second-order valence-electron chi connectivity index (χ2n) is 10.3. The molecule has 0 amide bonds. The average Bonchev–Trinajstić information content (AvgIpc) is 3.53. The maximum absolute atomic E-state index is 13.0. The molecule has 2 heterocycles. The second-order valence-corrected chi connectivity index (χ2v) is 10.3. The summed E-state index contributed by atoms with van der Waals surface area (Å²) in [4.78, 5) is 33.8. The first-order chi connectivity index (χ1) is 17.9. The fraction of sp³-hybridized carbons (Fsp3) is 0.586. The summed E-state index contributed by atoms with van der Waals surface area (Å²) >= 11 is 0. The van der Waals surface area contributed by atoms with Crippen LogP contribution in [0.5, 0.6) is 0 Å². The van der Waals surface area contributed by atoms with E-state index in [1.807, 2.05) is 0 Å². The Labute approximate surface area is 222 Å². The van der Waals surface area contributed by atoms with Gasteiger partial charge < -0.3 is 29.1 Å². The lowest BCUT2D eigenvalue weighted by atomic mass is 9.88. The predicted molar refractivity (Wildman–Crippen MR) is 146 cm³/mol. The number of Topliss-reactive ketones (excluding diaryl/α,β-unsaturated/α-hetero) is 1. The Morgan fingerprint density at radius 2 is 1.27 bits per heavy atom. The molecule has 0 radical (unpaired) electrons. The first kappa shape index (κ1) is 28.6. The lowest BCUT2D eigenvalue weighted by Crippen LogP contribution is -2.50. The van der Waals surface area contributed by atoms with E-state index in [1.165, 1.54) is 6.92 Å². The quantitative estimate of drug-likeness (QED) is 0.239. The molecule has 0 aromatic heterocycles. The molecule has 3 rings (SSSR count). The van der Waals surface area contributed by atoms with Crippen LogP contribution in [-0.2, 0) is 9.47 Å². The zero-order valence-electron chi connectivity index (χ0n) is 23.0. The predicted octanol–water partition coefficient (Wildman–Crippen LogP) is 4.37. The number of rotatable bonds is 16. The molecule has 0 bridgehead atoms. The SMILES string of the molecule is CCCCN1C=CN(CC(COC)(COC(=O)c2ccc(C(C)=O)cc2)CN2C=CN(CCCC)C2)C1. The maximum Gasteiger partial charge on any atom is 0.338 e. The van der Waals surface area contributed by atoms with E-state index in [1.54, 1.807) is 31.4 Å². The summed E-state index contributed by atoms with van der Waals surface area (Å²) in [5, 5.41) is 0. The van der Waals surface area contributed by atoms with Gasteiger partial charge in [-0.15, -0.1) is 0 Å². The Hall–Kier alpha value is -3.00. The average molecular weight is 513 g/mol. The molecular weight excluding hydrogens is 468 g/mol. The van der Waals surface area contributed by atoms with Crippen LogP contribution in [0.4, 0.5) is 0 Å². The van der Waals surface area contributed by atoms with Crippen LogP contribution < -0.4 is 0 Å². The Kier molecular flexibility index (Phi) is 10.9. The molecule has 0 saturated carbocycles. The van der Waals surface area contributed by atoms with Crippen molar-refractivity contribution in [2.75, 3.05) is 59.8 Å². The van der Waals surface area contributed by atoms with E-state index >= 15 is 0 Å². The molecule has 8 nitrogen and oxygen atoms in total. The van der Waals surface area contributed by atoms with Gasteiger partial charge in [0.2, 0.25) is 0 Å². The summed E-state index contributed by atoms with van der Waals surface area (Å²) in [6, 6.07) is 6.64. The zero-order valence-corrected chi connectivity index (χ0v) is 23.0. The number of esters is 1. The van der Waals surface area contributed by atoms with Gasteiger partial charge in [0.05, 0.1) is 30.9 Å². The summed E-state index contributed by atoms with van der Waals surface area (Å²) in [5.74, 6) is -0.420. The standard InChI is InChI=1S/C29H44N4O4/c1-5-7-13-30-15-17-32(23-30)19-29(21-36-4,20-33-18-16-31(24-33)14-8-6-2)22-37-28(35)27-11-9-26(10-12-27)25(3)34/h9-12,15-18H,5-8,13-14,19-24H2,1-4H3. The highest BCUT2D eigenvalue weighted by molar-refractivity contribution is 5.96. The topological polar surface area (TPSA) is 65.6 Å². The minimum absolute atomic E-state index is 0.0303. The number of ether oxygens (including phenoxy) is 2. The Morgan fingerprint density at radius 3 is 1.73 bits per heavy atom. The molecule has 0 unspecified atom stereocenters. The van der Waals surface area contributed by atoms with E-state index in [0.717, 1.165) is 52.1 Å². The van der Waals surface area contributed by atoms with Gasteiger partial charge in [-0.2, -0.15) is 0 Å². The van der Waals surface area contributed by atoms with Gasteiger partial charge in [0, 0.05) is 63.7 Å². The van der Waals surface area contributed by atoms with Gasteiger partial charge in [-0.05, 0) is 31.9 Å². The van der Waals surface area contributed by atoms with Crippen LogP contribution in [-0.4, -0.2) is 91.2 Å². The third-order valence-corrected chi connectivity index (χ3v) is 6.87. The molecule has 37 heavy (non-hydrogen) atoms. The molecule has 2 aliphatic rings. The number of carbonyl (C=O) groups is 2. The number of methoxy groups -OCH3 is 1. The fourth-order valence-electron chi connectivity index (χ4n) is 4.84. The van der Waals surface area contributed by atoms with Crippen molar-refractivity contribution >= 4 is 11.8 Å². The smallest absolute Gasteiger partial charge is 0.338 e. The summed E-state index contributed by atoms with van der Waals surface area (Å²) < 4.78 is 11.7. The highest BCUT2D eigenvalue weighted by Gasteiger charge is 2.37. The lowest BCUT2D eigenvalue weighted by Gasteiger charge is -2.39. The molecule has 8 heteroatoms. The van der Waals surface area contributed by atoms with Crippen LogP contribution in [0.15, 0.2) is 49.1 Å². The molecule has 1 aromatic rings. The molecule has 0 saturated heterocycles. The largest absolute Gasteiger partial charge is 0.461 e. The van der Waals surface area contributed by atoms with Gasteiger partial charge >= 0.3 is 5.97 Å². The van der Waals surface area contributed by atoms with Crippen LogP contribution in [0.3, 0.4) is 0 Å². The molecule has 0 spiro atoms. The fourth-order valence-corrected chi connectivity index (χ4v) is 4.84. The van der Waals surface area contributed by atoms with E-state index in [4.69, 9.17) is 9.47 Å². The molecule has 204 valence electrons. The van der Waals surface area contributed by atoms with Crippen molar-refractivity contribution in [1.82, 2.24) is 19.6 Å². The minimum atomic E-state index is -0.431. The van der Waals surface area contributed by atoms with Gasteiger partial charge in [-0.1, -0.05) is 38.8 Å². The van der Waals surface area contributed by atoms with Crippen LogP contribution >= 0.6 is 0 Å². The third-order valence-electron chi connectivity index (χ3n) is 6.87. The summed E-state index contributed by atoms with van der Waals surface area (Å²) in [7, 11) is 1.71. The monoisotopic (exact) mass is 512 g/mol. The highest BCUT2D eigenvalue weighted by Crippen LogP contribution is 2.27. The summed E-state index contributed by atoms with van der Waals surface area (Å²) in [5.41, 5.74) is 0.585. The van der Waals surface area contributed by atoms with Gasteiger partial charge in [-0.25, -0.2) is 4.79 Å². The first-order valence-corrected chi connectivity index (χ1v) is 13.5. The summed E-state index contributed by atoms with van der Waals surface area (Å²) in [6.07, 6.45) is 13.2. The van der Waals surface area contributed by atoms with E-state index in [0.29, 0.717) is 30.8 Å². The molecule has 0 fully saturated rings. The molecule has 0 N–H and O–H groups in total. The number of benzene rings is 1. The van der Waals surface area contributed by atoms with Crippen molar-refractivity contribution in [3.05, 3.63) is 60.2 Å². The highest BCUT2D eigenvalue weighted by atomic mass is 16.5. The van der Waals surface area contributed by atoms with Crippen molar-refractivity contribution in [2.45, 2.75) is 46.5 Å². The zero-order chi connectivity index (χ0) is 26.7. The number of hydrogen-bond acceptors (Lipinski definition) is 8. The van der Waals surface area contributed by atoms with E-state index in [-0.39, 0.29) is 12.4 Å². The third kappa shape index (κ3) is 8.52. The van der Waals surface area contributed by atoms with E-state index in [9.17, 15) is 9.59 Å². The van der Waals surface area contributed by atoms with Gasteiger partial charge in [0.15, 0.2) is 5.78 Å². The van der Waals surface area contributed by atoms with Crippen molar-refractivity contribution in [1.29, 1.82) is 0 Å². The number of unbranched alkanes of at least 4 members (excludes halogenated alkanes) is 2. The van der Waals surface area contributed by atoms with Gasteiger partial charge in [0.1, 0.15) is 6.61 Å². The Morgan fingerprint density at radius 1 is 0.784 bits per heavy atom. The minimum Gasteiger partial charge on any atom is -0.461 e. The number of ketones is 1. The molecule has 1 aromatic carbocycles. The lowest BCUT2D eigenvalue weighted by molar-refractivity contribution is -0.0257. The summed E-state index contributed by atoms with van der Waals surface area (Å²) in [6.45, 7) is 11.7. The van der Waals surface area contributed by atoms with E-state index < -0.39 is 11.4 Å². The van der Waals surface area contributed by atoms with Crippen LogP contribution in [0.2, 0.25) is 0 Å². The first-order valence-electron chi connectivity index (χ1n) is 13.5. The molecular formula is C29H44N4O4.